The highest BCUT2D eigenvalue weighted by Crippen LogP contribution is 2.42. The second-order valence-electron chi connectivity index (χ2n) is 7.73. The van der Waals surface area contributed by atoms with Gasteiger partial charge >= 0.3 is 0 Å². The molecule has 2 aromatic heterocycles. The van der Waals surface area contributed by atoms with E-state index in [1.165, 1.54) is 0 Å². The lowest BCUT2D eigenvalue weighted by Gasteiger charge is -2.16. The average molecular weight is 397 g/mol. The molecule has 0 spiro atoms. The van der Waals surface area contributed by atoms with Crippen molar-refractivity contribution < 1.29 is 4.79 Å². The molecule has 1 saturated carbocycles. The number of aromatic nitrogens is 4. The van der Waals surface area contributed by atoms with Crippen molar-refractivity contribution in [2.75, 3.05) is 0 Å². The number of hydrogen-bond acceptors (Lipinski definition) is 3. The Hall–Kier alpha value is -3.67. The topological polar surface area (TPSA) is 64.7 Å². The van der Waals surface area contributed by atoms with Crippen LogP contribution in [0.2, 0.25) is 0 Å². The molecule has 0 aliphatic heterocycles. The number of carbonyl (C=O) groups excluding carboxylic acids is 1. The van der Waals surface area contributed by atoms with E-state index < -0.39 is 0 Å². The van der Waals surface area contributed by atoms with Crippen LogP contribution in [0.25, 0.3) is 11.4 Å². The summed E-state index contributed by atoms with van der Waals surface area (Å²) in [7, 11) is 0. The van der Waals surface area contributed by atoms with Gasteiger partial charge in [-0.15, -0.1) is 0 Å². The number of amides is 1. The van der Waals surface area contributed by atoms with Gasteiger partial charge in [0.1, 0.15) is 0 Å². The van der Waals surface area contributed by atoms with Gasteiger partial charge in [-0.1, -0.05) is 30.3 Å². The highest BCUT2D eigenvalue weighted by Gasteiger charge is 2.33. The number of para-hydroxylation sites is 1. The van der Waals surface area contributed by atoms with Crippen LogP contribution in [-0.4, -0.2) is 25.2 Å². The van der Waals surface area contributed by atoms with Crippen molar-refractivity contribution in [3.8, 4) is 11.4 Å². The number of carbonyl (C=O) groups is 1. The molecule has 0 unspecified atom stereocenters. The van der Waals surface area contributed by atoms with Crippen molar-refractivity contribution in [2.24, 2.45) is 0 Å². The Morgan fingerprint density at radius 2 is 1.90 bits per heavy atom. The van der Waals surface area contributed by atoms with Gasteiger partial charge < -0.3 is 9.88 Å². The van der Waals surface area contributed by atoms with Crippen LogP contribution in [0.5, 0.6) is 0 Å². The molecule has 1 aliphatic rings. The largest absolute Gasteiger partial charge is 0.345 e. The normalized spacial score (nSPS) is 14.4. The summed E-state index contributed by atoms with van der Waals surface area (Å²) in [5, 5.41) is 7.70. The van der Waals surface area contributed by atoms with E-state index in [-0.39, 0.29) is 11.9 Å². The Kier molecular flexibility index (Phi) is 4.67. The van der Waals surface area contributed by atoms with Crippen molar-refractivity contribution in [1.29, 1.82) is 0 Å². The van der Waals surface area contributed by atoms with Gasteiger partial charge in [0.15, 0.2) is 0 Å². The first-order valence-corrected chi connectivity index (χ1v) is 10.2. The Morgan fingerprint density at radius 1 is 1.10 bits per heavy atom. The van der Waals surface area contributed by atoms with Crippen molar-refractivity contribution in [3.63, 3.8) is 0 Å². The van der Waals surface area contributed by atoms with Gasteiger partial charge in [0.25, 0.3) is 5.91 Å². The second kappa shape index (κ2) is 7.63. The lowest BCUT2D eigenvalue weighted by atomic mass is 10.1. The van der Waals surface area contributed by atoms with E-state index in [4.69, 9.17) is 0 Å². The summed E-state index contributed by atoms with van der Waals surface area (Å²) < 4.78 is 3.87. The molecule has 1 atom stereocenters. The van der Waals surface area contributed by atoms with E-state index in [9.17, 15) is 4.79 Å². The molecule has 0 radical (unpaired) electrons. The van der Waals surface area contributed by atoms with Crippen molar-refractivity contribution in [2.45, 2.75) is 31.7 Å². The van der Waals surface area contributed by atoms with Crippen LogP contribution in [0.4, 0.5) is 0 Å². The SMILES string of the molecule is C[C@@H](NC(=O)c1cnn(-c2ccccc2)c1C1CC1)c1cccc(-n2ccnc2)c1. The minimum atomic E-state index is -0.131. The molecule has 2 heterocycles. The Morgan fingerprint density at radius 3 is 2.63 bits per heavy atom. The molecule has 5 rings (SSSR count). The zero-order valence-corrected chi connectivity index (χ0v) is 16.8. The standard InChI is InChI=1S/C24H23N5O/c1-17(19-6-5-9-21(14-19)28-13-12-25-16-28)27-24(30)22-15-26-29(23(22)18-10-11-18)20-7-3-2-4-8-20/h2-9,12-18H,10-11H2,1H3,(H,27,30)/t17-/m1/s1. The smallest absolute Gasteiger partial charge is 0.255 e. The van der Waals surface area contributed by atoms with E-state index in [2.05, 4.69) is 21.5 Å². The number of imidazole rings is 1. The third-order valence-corrected chi connectivity index (χ3v) is 5.54. The molecule has 6 heteroatoms. The lowest BCUT2D eigenvalue weighted by Crippen LogP contribution is -2.27. The average Bonchev–Trinajstić information content (AvgIpc) is 3.28. The second-order valence-corrected chi connectivity index (χ2v) is 7.73. The minimum Gasteiger partial charge on any atom is -0.345 e. The molecule has 150 valence electrons. The van der Waals surface area contributed by atoms with Gasteiger partial charge in [0.05, 0.1) is 35.5 Å². The number of nitrogens with one attached hydrogen (secondary N) is 1. The first-order chi connectivity index (χ1) is 14.7. The molecular weight excluding hydrogens is 374 g/mol. The summed E-state index contributed by atoms with van der Waals surface area (Å²) in [6.07, 6.45) is 9.32. The van der Waals surface area contributed by atoms with Crippen molar-refractivity contribution >= 4 is 5.91 Å². The Balaban J connectivity index is 1.40. The zero-order chi connectivity index (χ0) is 20.5. The van der Waals surface area contributed by atoms with Gasteiger partial charge in [0, 0.05) is 24.0 Å². The molecule has 1 amide bonds. The molecule has 2 aromatic carbocycles. The summed E-state index contributed by atoms with van der Waals surface area (Å²) in [5.74, 6) is 0.313. The summed E-state index contributed by atoms with van der Waals surface area (Å²) in [6.45, 7) is 2.00. The third kappa shape index (κ3) is 3.52. The summed E-state index contributed by atoms with van der Waals surface area (Å²) in [5.41, 5.74) is 4.72. The van der Waals surface area contributed by atoms with Crippen molar-refractivity contribution in [1.82, 2.24) is 24.6 Å². The van der Waals surface area contributed by atoms with Crippen LogP contribution in [0, 0.1) is 0 Å². The van der Waals surface area contributed by atoms with E-state index >= 15 is 0 Å². The fraction of sp³-hybridized carbons (Fsp3) is 0.208. The zero-order valence-electron chi connectivity index (χ0n) is 16.8. The predicted octanol–water partition coefficient (Wildman–Crippen LogP) is 4.43. The molecule has 6 nitrogen and oxygen atoms in total. The Bertz CT molecular complexity index is 1160. The molecule has 0 bridgehead atoms. The van der Waals surface area contributed by atoms with Crippen LogP contribution in [0.3, 0.4) is 0 Å². The van der Waals surface area contributed by atoms with Gasteiger partial charge in [-0.05, 0) is 49.6 Å². The van der Waals surface area contributed by atoms with Crippen molar-refractivity contribution in [3.05, 3.63) is 96.3 Å². The van der Waals surface area contributed by atoms with E-state index in [1.807, 2.05) is 70.9 Å². The van der Waals surface area contributed by atoms with E-state index in [1.54, 1.807) is 18.7 Å². The third-order valence-electron chi connectivity index (χ3n) is 5.54. The minimum absolute atomic E-state index is 0.0837. The number of hydrogen-bond donors (Lipinski definition) is 1. The van der Waals surface area contributed by atoms with Crippen LogP contribution < -0.4 is 5.32 Å². The van der Waals surface area contributed by atoms with E-state index in [0.29, 0.717) is 11.5 Å². The molecule has 0 saturated heterocycles. The monoisotopic (exact) mass is 397 g/mol. The van der Waals surface area contributed by atoms with Gasteiger partial charge in [-0.25, -0.2) is 9.67 Å². The Labute approximate surface area is 175 Å². The highest BCUT2D eigenvalue weighted by molar-refractivity contribution is 5.95. The predicted molar refractivity (Wildman–Crippen MR) is 115 cm³/mol. The molecule has 30 heavy (non-hydrogen) atoms. The first-order valence-electron chi connectivity index (χ1n) is 10.2. The fourth-order valence-corrected chi connectivity index (χ4v) is 3.78. The molecule has 1 aliphatic carbocycles. The molecule has 1 N–H and O–H groups in total. The quantitative estimate of drug-likeness (QED) is 0.524. The van der Waals surface area contributed by atoms with Gasteiger partial charge in [-0.3, -0.25) is 4.79 Å². The van der Waals surface area contributed by atoms with Crippen LogP contribution in [0.1, 0.15) is 53.3 Å². The molecular formula is C24H23N5O. The first kappa shape index (κ1) is 18.4. The maximum Gasteiger partial charge on any atom is 0.255 e. The number of nitrogens with zero attached hydrogens (tertiary/aromatic N) is 4. The van der Waals surface area contributed by atoms with Gasteiger partial charge in [0.2, 0.25) is 0 Å². The maximum atomic E-state index is 13.2. The summed E-state index contributed by atoms with van der Waals surface area (Å²) >= 11 is 0. The number of benzene rings is 2. The number of rotatable bonds is 6. The highest BCUT2D eigenvalue weighted by atomic mass is 16.1. The van der Waals surface area contributed by atoms with Crippen LogP contribution >= 0.6 is 0 Å². The van der Waals surface area contributed by atoms with E-state index in [0.717, 1.165) is 35.5 Å². The van der Waals surface area contributed by atoms with Gasteiger partial charge in [-0.2, -0.15) is 5.10 Å². The molecule has 4 aromatic rings. The fourth-order valence-electron chi connectivity index (χ4n) is 3.78. The summed E-state index contributed by atoms with van der Waals surface area (Å²) in [4.78, 5) is 17.3. The van der Waals surface area contributed by atoms with Crippen LogP contribution in [-0.2, 0) is 0 Å². The lowest BCUT2D eigenvalue weighted by molar-refractivity contribution is 0.0939. The van der Waals surface area contributed by atoms with Crippen LogP contribution in [0.15, 0.2) is 79.5 Å². The summed E-state index contributed by atoms with van der Waals surface area (Å²) in [6, 6.07) is 18.0. The maximum absolute atomic E-state index is 13.2. The molecule has 1 fully saturated rings.